The SMILES string of the molecule is CCCCCCCCCC/C=C\CCCCCCCCCCCCCCCCCCCCCC(=O)OC(CO)COC(=O)CCCCCCCCCCCCCCCCCCC. The minimum absolute atomic E-state index is 0.0573. The number of carbonyl (C=O) groups excluding carboxylic acids is 2. The van der Waals surface area contributed by atoms with Crippen molar-refractivity contribution in [2.75, 3.05) is 13.2 Å². The zero-order valence-electron chi connectivity index (χ0n) is 42.2. The van der Waals surface area contributed by atoms with Gasteiger partial charge in [0, 0.05) is 12.8 Å². The fraction of sp³-hybridized carbons (Fsp3) is 0.930. The first-order valence-corrected chi connectivity index (χ1v) is 28.2. The van der Waals surface area contributed by atoms with E-state index in [1.54, 1.807) is 0 Å². The number of aliphatic hydroxyl groups is 1. The molecule has 1 atom stereocenters. The number of esters is 2. The third-order valence-corrected chi connectivity index (χ3v) is 13.1. The highest BCUT2D eigenvalue weighted by Crippen LogP contribution is 2.18. The normalized spacial score (nSPS) is 12.1. The van der Waals surface area contributed by atoms with Crippen LogP contribution in [0.2, 0.25) is 0 Å². The molecular formula is C57H110O5. The molecule has 0 fully saturated rings. The molecule has 0 aliphatic heterocycles. The fourth-order valence-corrected chi connectivity index (χ4v) is 8.79. The van der Waals surface area contributed by atoms with Gasteiger partial charge >= 0.3 is 11.9 Å². The largest absolute Gasteiger partial charge is 0.462 e. The van der Waals surface area contributed by atoms with Crippen molar-refractivity contribution < 1.29 is 24.2 Å². The maximum atomic E-state index is 12.3. The van der Waals surface area contributed by atoms with Crippen LogP contribution in [0.15, 0.2) is 12.2 Å². The van der Waals surface area contributed by atoms with Crippen molar-refractivity contribution in [2.45, 2.75) is 328 Å². The Morgan fingerprint density at radius 3 is 0.871 bits per heavy atom. The number of allylic oxidation sites excluding steroid dienone is 2. The molecule has 0 bridgehead atoms. The summed E-state index contributed by atoms with van der Waals surface area (Å²) < 4.78 is 10.7. The zero-order valence-corrected chi connectivity index (χ0v) is 42.2. The predicted molar refractivity (Wildman–Crippen MR) is 270 cm³/mol. The molecule has 5 nitrogen and oxygen atoms in total. The van der Waals surface area contributed by atoms with Gasteiger partial charge in [0.1, 0.15) is 6.61 Å². The summed E-state index contributed by atoms with van der Waals surface area (Å²) in [5.41, 5.74) is 0. The highest BCUT2D eigenvalue weighted by molar-refractivity contribution is 5.70. The minimum Gasteiger partial charge on any atom is -0.462 e. The number of hydrogen-bond acceptors (Lipinski definition) is 5. The Labute approximate surface area is 388 Å². The minimum atomic E-state index is -0.765. The number of rotatable bonds is 53. The third-order valence-electron chi connectivity index (χ3n) is 13.1. The van der Waals surface area contributed by atoms with Gasteiger partial charge in [-0.05, 0) is 38.5 Å². The van der Waals surface area contributed by atoms with Crippen LogP contribution < -0.4 is 0 Å². The second-order valence-corrected chi connectivity index (χ2v) is 19.4. The summed E-state index contributed by atoms with van der Waals surface area (Å²) >= 11 is 0. The van der Waals surface area contributed by atoms with Crippen molar-refractivity contribution in [1.29, 1.82) is 0 Å². The maximum Gasteiger partial charge on any atom is 0.306 e. The van der Waals surface area contributed by atoms with Gasteiger partial charge in [-0.3, -0.25) is 9.59 Å². The standard InChI is InChI=1S/C57H110O5/c1-3-5-7-9-11-13-15-17-19-21-22-23-24-25-26-27-28-29-30-31-32-33-34-36-38-40-42-44-46-48-50-52-57(60)62-55(53-58)54-61-56(59)51-49-47-45-43-41-39-37-35-20-18-16-14-12-10-8-6-4-2/h21-22,55,58H,3-20,23-54H2,1-2H3/b22-21-. The summed E-state index contributed by atoms with van der Waals surface area (Å²) in [7, 11) is 0. The molecule has 0 aromatic heterocycles. The second-order valence-electron chi connectivity index (χ2n) is 19.4. The molecule has 0 aromatic carbocycles. The van der Waals surface area contributed by atoms with Crippen molar-refractivity contribution in [1.82, 2.24) is 0 Å². The van der Waals surface area contributed by atoms with Crippen LogP contribution in [0.5, 0.6) is 0 Å². The van der Waals surface area contributed by atoms with Crippen LogP contribution >= 0.6 is 0 Å². The molecule has 62 heavy (non-hydrogen) atoms. The molecule has 0 saturated carbocycles. The van der Waals surface area contributed by atoms with E-state index in [0.29, 0.717) is 12.8 Å². The molecule has 0 aromatic rings. The van der Waals surface area contributed by atoms with Crippen molar-refractivity contribution in [3.05, 3.63) is 12.2 Å². The quantitative estimate of drug-likeness (QED) is 0.0374. The first kappa shape index (κ1) is 60.6. The van der Waals surface area contributed by atoms with Gasteiger partial charge in [-0.1, -0.05) is 283 Å². The Bertz CT molecular complexity index is 902. The van der Waals surface area contributed by atoms with E-state index in [9.17, 15) is 14.7 Å². The van der Waals surface area contributed by atoms with E-state index >= 15 is 0 Å². The van der Waals surface area contributed by atoms with Gasteiger partial charge in [-0.25, -0.2) is 0 Å². The Morgan fingerprint density at radius 2 is 0.597 bits per heavy atom. The Hall–Kier alpha value is -1.36. The molecule has 368 valence electrons. The average Bonchev–Trinajstić information content (AvgIpc) is 3.28. The van der Waals surface area contributed by atoms with Gasteiger partial charge in [0.15, 0.2) is 6.10 Å². The molecule has 0 aliphatic rings. The molecule has 0 saturated heterocycles. The summed E-state index contributed by atoms with van der Waals surface area (Å²) in [5.74, 6) is -0.568. The summed E-state index contributed by atoms with van der Waals surface area (Å²) in [6.07, 6.45) is 66.2. The van der Waals surface area contributed by atoms with Gasteiger partial charge in [0.2, 0.25) is 0 Å². The van der Waals surface area contributed by atoms with Crippen LogP contribution in [-0.2, 0) is 19.1 Å². The second kappa shape index (κ2) is 54.0. The molecule has 0 amide bonds. The van der Waals surface area contributed by atoms with E-state index in [1.165, 1.54) is 263 Å². The monoisotopic (exact) mass is 875 g/mol. The number of hydrogen-bond donors (Lipinski definition) is 1. The van der Waals surface area contributed by atoms with Gasteiger partial charge in [-0.15, -0.1) is 0 Å². The lowest BCUT2D eigenvalue weighted by Crippen LogP contribution is -2.28. The van der Waals surface area contributed by atoms with Crippen LogP contribution in [0, 0.1) is 0 Å². The molecule has 0 spiro atoms. The van der Waals surface area contributed by atoms with Gasteiger partial charge in [-0.2, -0.15) is 0 Å². The molecular weight excluding hydrogens is 765 g/mol. The Morgan fingerprint density at radius 1 is 0.355 bits per heavy atom. The van der Waals surface area contributed by atoms with E-state index < -0.39 is 6.10 Å². The van der Waals surface area contributed by atoms with Crippen LogP contribution in [0.1, 0.15) is 322 Å². The molecule has 1 unspecified atom stereocenters. The van der Waals surface area contributed by atoms with Crippen LogP contribution in [-0.4, -0.2) is 36.4 Å². The van der Waals surface area contributed by atoms with E-state index in [-0.39, 0.29) is 25.2 Å². The van der Waals surface area contributed by atoms with E-state index in [0.717, 1.165) is 32.1 Å². The predicted octanol–water partition coefficient (Wildman–Crippen LogP) is 18.8. The number of ether oxygens (including phenoxy) is 2. The van der Waals surface area contributed by atoms with Gasteiger partial charge < -0.3 is 14.6 Å². The smallest absolute Gasteiger partial charge is 0.306 e. The molecule has 0 radical (unpaired) electrons. The van der Waals surface area contributed by atoms with Crippen LogP contribution in [0.4, 0.5) is 0 Å². The van der Waals surface area contributed by atoms with Crippen molar-refractivity contribution in [3.63, 3.8) is 0 Å². The fourth-order valence-electron chi connectivity index (χ4n) is 8.79. The summed E-state index contributed by atoms with van der Waals surface area (Å²) in [4.78, 5) is 24.5. The summed E-state index contributed by atoms with van der Waals surface area (Å²) in [5, 5.41) is 9.64. The lowest BCUT2D eigenvalue weighted by Gasteiger charge is -2.15. The maximum absolute atomic E-state index is 12.3. The lowest BCUT2D eigenvalue weighted by molar-refractivity contribution is -0.161. The van der Waals surface area contributed by atoms with Crippen molar-refractivity contribution in [2.24, 2.45) is 0 Å². The molecule has 0 rings (SSSR count). The van der Waals surface area contributed by atoms with E-state index in [2.05, 4.69) is 26.0 Å². The number of unbranched alkanes of at least 4 members (excludes halogenated alkanes) is 43. The molecule has 5 heteroatoms. The van der Waals surface area contributed by atoms with Crippen LogP contribution in [0.25, 0.3) is 0 Å². The third kappa shape index (κ3) is 51.3. The van der Waals surface area contributed by atoms with Crippen molar-refractivity contribution >= 4 is 11.9 Å². The molecule has 1 N–H and O–H groups in total. The van der Waals surface area contributed by atoms with E-state index in [1.807, 2.05) is 0 Å². The highest BCUT2D eigenvalue weighted by Gasteiger charge is 2.16. The molecule has 0 heterocycles. The average molecular weight is 876 g/mol. The topological polar surface area (TPSA) is 72.8 Å². The van der Waals surface area contributed by atoms with Crippen molar-refractivity contribution in [3.8, 4) is 0 Å². The zero-order chi connectivity index (χ0) is 44.9. The van der Waals surface area contributed by atoms with Gasteiger partial charge in [0.05, 0.1) is 6.61 Å². The van der Waals surface area contributed by atoms with Gasteiger partial charge in [0.25, 0.3) is 0 Å². The summed E-state index contributed by atoms with van der Waals surface area (Å²) in [6.45, 7) is 4.19. The summed E-state index contributed by atoms with van der Waals surface area (Å²) in [6, 6.07) is 0. The lowest BCUT2D eigenvalue weighted by atomic mass is 10.0. The Balaban J connectivity index is 3.39. The van der Waals surface area contributed by atoms with Crippen LogP contribution in [0.3, 0.4) is 0 Å². The molecule has 0 aliphatic carbocycles. The number of aliphatic hydroxyl groups excluding tert-OH is 1. The Kier molecular flexibility index (Phi) is 52.8. The first-order chi connectivity index (χ1) is 30.6. The first-order valence-electron chi connectivity index (χ1n) is 28.2. The van der Waals surface area contributed by atoms with E-state index in [4.69, 9.17) is 9.47 Å². The number of carbonyl (C=O) groups is 2. The highest BCUT2D eigenvalue weighted by atomic mass is 16.6.